The van der Waals surface area contributed by atoms with E-state index >= 15 is 0 Å². The second-order valence-electron chi connectivity index (χ2n) is 8.19. The van der Waals surface area contributed by atoms with Crippen molar-refractivity contribution >= 4 is 61.2 Å². The molecule has 2 aliphatic rings. The van der Waals surface area contributed by atoms with Crippen LogP contribution in [0.5, 0.6) is 0 Å². The standard InChI is InChI=1S/C24H15N3O4/c28-15-9-26-13-7-3-1-5-11(13)17-19-20(24(31)25-23(19)30)18-12-6-2-4-8-14(12)27(10-16(15)29)22(18)21(17)26/h1-8,15,28H,9-10H2,(H,25,30,31). The number of fused-ring (bicyclic) bond motifs is 9. The van der Waals surface area contributed by atoms with Gasteiger partial charge >= 0.3 is 0 Å². The number of Topliss-reactive ketones (excluding diaryl/α,β-unsaturated/α-hetero) is 1. The Morgan fingerprint density at radius 2 is 1.29 bits per heavy atom. The van der Waals surface area contributed by atoms with Crippen molar-refractivity contribution in [1.29, 1.82) is 0 Å². The van der Waals surface area contributed by atoms with E-state index < -0.39 is 17.9 Å². The molecule has 7 heteroatoms. The third-order valence-electron chi connectivity index (χ3n) is 6.64. The lowest BCUT2D eigenvalue weighted by molar-refractivity contribution is -0.128. The molecule has 7 rings (SSSR count). The number of carbonyl (C=O) groups excluding carboxylic acids is 3. The topological polar surface area (TPSA) is 93.3 Å². The summed E-state index contributed by atoms with van der Waals surface area (Å²) in [6.45, 7) is 0.0873. The Balaban J connectivity index is 1.91. The Bertz CT molecular complexity index is 1690. The molecule has 0 saturated carbocycles. The number of amides is 2. The van der Waals surface area contributed by atoms with Crippen molar-refractivity contribution in [2.75, 3.05) is 0 Å². The number of aliphatic hydroxyl groups excluding tert-OH is 1. The first-order valence-corrected chi connectivity index (χ1v) is 10.1. The average molecular weight is 409 g/mol. The molecule has 1 atom stereocenters. The molecule has 2 aliphatic heterocycles. The summed E-state index contributed by atoms with van der Waals surface area (Å²) in [5.41, 5.74) is 3.84. The summed E-state index contributed by atoms with van der Waals surface area (Å²) in [5, 5.41) is 16.1. The van der Waals surface area contributed by atoms with E-state index in [2.05, 4.69) is 5.32 Å². The fraction of sp³-hybridized carbons (Fsp3) is 0.125. The lowest BCUT2D eigenvalue weighted by atomic mass is 9.96. The van der Waals surface area contributed by atoms with Crippen LogP contribution in [0, 0.1) is 0 Å². The van der Waals surface area contributed by atoms with E-state index in [1.165, 1.54) is 0 Å². The van der Waals surface area contributed by atoms with Crippen molar-refractivity contribution < 1.29 is 19.5 Å². The molecule has 1 unspecified atom stereocenters. The van der Waals surface area contributed by atoms with Gasteiger partial charge in [-0.15, -0.1) is 0 Å². The monoisotopic (exact) mass is 409 g/mol. The summed E-state index contributed by atoms with van der Waals surface area (Å²) >= 11 is 0. The highest BCUT2D eigenvalue weighted by Gasteiger charge is 2.38. The van der Waals surface area contributed by atoms with Crippen LogP contribution in [-0.4, -0.2) is 37.9 Å². The van der Waals surface area contributed by atoms with Gasteiger partial charge in [0.25, 0.3) is 11.8 Å². The number of aromatic nitrogens is 2. The fourth-order valence-electron chi connectivity index (χ4n) is 5.43. The molecule has 2 N–H and O–H groups in total. The molecule has 0 spiro atoms. The second-order valence-corrected chi connectivity index (χ2v) is 8.19. The highest BCUT2D eigenvalue weighted by atomic mass is 16.3. The van der Waals surface area contributed by atoms with Crippen molar-refractivity contribution in [3.05, 3.63) is 59.7 Å². The molecular formula is C24H15N3O4. The van der Waals surface area contributed by atoms with E-state index in [0.717, 1.165) is 32.8 Å². The van der Waals surface area contributed by atoms with Crippen molar-refractivity contribution in [1.82, 2.24) is 14.5 Å². The number of aliphatic hydroxyl groups is 1. The van der Waals surface area contributed by atoms with Gasteiger partial charge in [-0.05, 0) is 12.1 Å². The van der Waals surface area contributed by atoms with Gasteiger partial charge in [-0.2, -0.15) is 0 Å². The maximum Gasteiger partial charge on any atom is 0.259 e. The highest BCUT2D eigenvalue weighted by molar-refractivity contribution is 6.39. The SMILES string of the molecule is O=C1NC(=O)c2c1c1c3ccccc3n3c1c1c2c2ccccc2n1CC(O)C(=O)C3. The average Bonchev–Trinajstić information content (AvgIpc) is 3.36. The van der Waals surface area contributed by atoms with E-state index in [9.17, 15) is 19.5 Å². The van der Waals surface area contributed by atoms with Crippen LogP contribution in [0.15, 0.2) is 48.5 Å². The first kappa shape index (κ1) is 16.8. The molecule has 0 saturated heterocycles. The van der Waals surface area contributed by atoms with Gasteiger partial charge in [0.05, 0.1) is 35.2 Å². The third-order valence-corrected chi connectivity index (χ3v) is 6.64. The van der Waals surface area contributed by atoms with Gasteiger partial charge in [0.15, 0.2) is 5.78 Å². The van der Waals surface area contributed by atoms with E-state index in [1.807, 2.05) is 57.7 Å². The minimum atomic E-state index is -1.17. The van der Waals surface area contributed by atoms with Gasteiger partial charge in [0, 0.05) is 32.6 Å². The minimum Gasteiger partial charge on any atom is -0.383 e. The summed E-state index contributed by atoms with van der Waals surface area (Å²) in [5.74, 6) is -1.13. The number of nitrogens with one attached hydrogen (secondary N) is 1. The van der Waals surface area contributed by atoms with E-state index in [-0.39, 0.29) is 18.9 Å². The highest BCUT2D eigenvalue weighted by Crippen LogP contribution is 2.45. The molecule has 0 fully saturated rings. The van der Waals surface area contributed by atoms with Gasteiger partial charge in [-0.3, -0.25) is 19.7 Å². The Morgan fingerprint density at radius 1 is 0.774 bits per heavy atom. The molecule has 5 aromatic rings. The summed E-state index contributed by atoms with van der Waals surface area (Å²) < 4.78 is 3.80. The number of rotatable bonds is 0. The van der Waals surface area contributed by atoms with Crippen LogP contribution in [0.25, 0.3) is 43.6 Å². The van der Waals surface area contributed by atoms with Crippen molar-refractivity contribution in [2.24, 2.45) is 0 Å². The van der Waals surface area contributed by atoms with Crippen LogP contribution in [0.4, 0.5) is 0 Å². The maximum absolute atomic E-state index is 13.0. The van der Waals surface area contributed by atoms with E-state index in [4.69, 9.17) is 0 Å². The third kappa shape index (κ3) is 1.85. The quantitative estimate of drug-likeness (QED) is 0.385. The normalized spacial score (nSPS) is 18.4. The molecule has 0 radical (unpaired) electrons. The predicted molar refractivity (Wildman–Crippen MR) is 115 cm³/mol. The number of ketones is 1. The Hall–Kier alpha value is -3.97. The summed E-state index contributed by atoms with van der Waals surface area (Å²) in [4.78, 5) is 38.8. The van der Waals surface area contributed by atoms with Crippen LogP contribution in [-0.2, 0) is 17.9 Å². The molecule has 150 valence electrons. The van der Waals surface area contributed by atoms with Crippen LogP contribution in [0.3, 0.4) is 0 Å². The minimum absolute atomic E-state index is 0.00381. The first-order valence-electron chi connectivity index (χ1n) is 10.1. The fourth-order valence-corrected chi connectivity index (χ4v) is 5.43. The molecule has 2 amide bonds. The molecule has 3 aromatic carbocycles. The van der Waals surface area contributed by atoms with Gasteiger partial charge in [0.1, 0.15) is 6.10 Å². The summed E-state index contributed by atoms with van der Waals surface area (Å²) in [6.07, 6.45) is -1.17. The molecule has 4 heterocycles. The zero-order chi connectivity index (χ0) is 21.0. The maximum atomic E-state index is 13.0. The lowest BCUT2D eigenvalue weighted by Gasteiger charge is -2.19. The number of para-hydroxylation sites is 2. The zero-order valence-electron chi connectivity index (χ0n) is 16.2. The Morgan fingerprint density at radius 3 is 1.90 bits per heavy atom. The van der Waals surface area contributed by atoms with Crippen LogP contribution < -0.4 is 5.32 Å². The van der Waals surface area contributed by atoms with E-state index in [0.29, 0.717) is 21.9 Å². The van der Waals surface area contributed by atoms with Gasteiger partial charge in [-0.1, -0.05) is 36.4 Å². The molecule has 0 aliphatic carbocycles. The number of imide groups is 1. The molecule has 7 nitrogen and oxygen atoms in total. The Kier molecular flexibility index (Phi) is 2.92. The molecule has 2 aromatic heterocycles. The second kappa shape index (κ2) is 5.39. The van der Waals surface area contributed by atoms with Crippen LogP contribution >= 0.6 is 0 Å². The summed E-state index contributed by atoms with van der Waals surface area (Å²) in [7, 11) is 0. The van der Waals surface area contributed by atoms with Crippen LogP contribution in [0.1, 0.15) is 20.7 Å². The summed E-state index contributed by atoms with van der Waals surface area (Å²) in [6, 6.07) is 15.2. The van der Waals surface area contributed by atoms with Crippen molar-refractivity contribution in [2.45, 2.75) is 19.2 Å². The number of hydrogen-bond donors (Lipinski definition) is 2. The number of nitrogens with zero attached hydrogens (tertiary/aromatic N) is 2. The van der Waals surface area contributed by atoms with E-state index in [1.54, 1.807) is 0 Å². The Labute approximate surface area is 174 Å². The molecule has 0 bridgehead atoms. The molecular weight excluding hydrogens is 394 g/mol. The predicted octanol–water partition coefficient (Wildman–Crippen LogP) is 2.73. The first-order chi connectivity index (χ1) is 15.1. The lowest BCUT2D eigenvalue weighted by Crippen LogP contribution is -2.30. The smallest absolute Gasteiger partial charge is 0.259 e. The largest absolute Gasteiger partial charge is 0.383 e. The van der Waals surface area contributed by atoms with Crippen molar-refractivity contribution in [3.8, 4) is 0 Å². The van der Waals surface area contributed by atoms with Gasteiger partial charge < -0.3 is 14.2 Å². The number of benzene rings is 3. The van der Waals surface area contributed by atoms with Crippen molar-refractivity contribution in [3.63, 3.8) is 0 Å². The number of hydrogen-bond acceptors (Lipinski definition) is 4. The van der Waals surface area contributed by atoms with Crippen LogP contribution in [0.2, 0.25) is 0 Å². The van der Waals surface area contributed by atoms with Gasteiger partial charge in [-0.25, -0.2) is 0 Å². The zero-order valence-corrected chi connectivity index (χ0v) is 16.2. The molecule has 31 heavy (non-hydrogen) atoms. The van der Waals surface area contributed by atoms with Gasteiger partial charge in [0.2, 0.25) is 0 Å². The number of carbonyl (C=O) groups is 3.